The molecule has 0 N–H and O–H groups in total. The molecule has 0 nitrogen and oxygen atoms in total. The second kappa shape index (κ2) is 3.65. The Labute approximate surface area is 32.0 Å². The van der Waals surface area contributed by atoms with Gasteiger partial charge in [0.25, 0.3) is 0 Å². The van der Waals surface area contributed by atoms with Crippen LogP contribution in [0.3, 0.4) is 0 Å². The summed E-state index contributed by atoms with van der Waals surface area (Å²) in [4.78, 5) is 0. The molecule has 0 amide bonds. The average molecular weight is 95.1 g/mol. The molecular formula is C2H8PS. The third-order valence-electron chi connectivity index (χ3n) is 0.224. The van der Waals surface area contributed by atoms with Crippen LogP contribution < -0.4 is 0 Å². The molecule has 0 rings (SSSR count). The summed E-state index contributed by atoms with van der Waals surface area (Å²) in [5, 5.41) is 0. The van der Waals surface area contributed by atoms with Crippen molar-refractivity contribution >= 4 is 18.3 Å². The first-order chi connectivity index (χ1) is 1.91. The van der Waals surface area contributed by atoms with Gasteiger partial charge in [0.1, 0.15) is 0 Å². The lowest BCUT2D eigenvalue weighted by molar-refractivity contribution is 2.50. The van der Waals surface area contributed by atoms with E-state index in [1.54, 1.807) is 0 Å². The highest BCUT2D eigenvalue weighted by atomic mass is 32.5. The minimum atomic E-state index is 1.11. The summed E-state index contributed by atoms with van der Waals surface area (Å²) < 4.78 is 0. The highest BCUT2D eigenvalue weighted by Gasteiger charge is 1.30. The van der Waals surface area contributed by atoms with Crippen LogP contribution in [0.5, 0.6) is 0 Å². The molecule has 4 heavy (non-hydrogen) atoms. The summed E-state index contributed by atoms with van der Waals surface area (Å²) in [7, 11) is 2.64. The van der Waals surface area contributed by atoms with Gasteiger partial charge in [-0.15, -0.1) is 7.36 Å². The largest absolute Gasteiger partial charge is 0.191 e. The van der Waals surface area contributed by atoms with Crippen LogP contribution in [0.25, 0.3) is 0 Å². The second-order valence-corrected chi connectivity index (χ2v) is 4.02. The third-order valence-corrected chi connectivity index (χ3v) is 2.01. The SMILES string of the molecule is C[PH]=[SH]C. The first kappa shape index (κ1) is 4.65. The molecule has 2 heteroatoms. The second-order valence-electron chi connectivity index (χ2n) is 0.447. The van der Waals surface area contributed by atoms with Crippen molar-refractivity contribution < 1.29 is 0 Å². The number of thiol groups is 1. The number of hydrogen-bond acceptors (Lipinski definition) is 0. The summed E-state index contributed by atoms with van der Waals surface area (Å²) in [6.45, 7) is 2.20. The molecule has 0 aromatic carbocycles. The summed E-state index contributed by atoms with van der Waals surface area (Å²) in [5.41, 5.74) is 0. The normalized spacial score (nSPS) is 11.5. The van der Waals surface area contributed by atoms with Gasteiger partial charge in [-0.2, -0.15) is 10.9 Å². The minimum Gasteiger partial charge on any atom is -0.191 e. The van der Waals surface area contributed by atoms with E-state index < -0.39 is 0 Å². The van der Waals surface area contributed by atoms with Gasteiger partial charge in [-0.05, 0) is 12.9 Å². The lowest BCUT2D eigenvalue weighted by Crippen LogP contribution is -1.31. The molecule has 0 aromatic rings. The molecule has 27 valence electrons. The monoisotopic (exact) mass is 95.0 g/mol. The zero-order valence-corrected chi connectivity index (χ0v) is 4.84. The highest BCUT2D eigenvalue weighted by molar-refractivity contribution is 8.07. The van der Waals surface area contributed by atoms with Crippen molar-refractivity contribution in [1.82, 2.24) is 0 Å². The third kappa shape index (κ3) is 2.65. The molecule has 0 fully saturated rings. The fraction of sp³-hybridized carbons (Fsp3) is 1.00. The summed E-state index contributed by atoms with van der Waals surface area (Å²) in [6.07, 6.45) is 2.17. The topological polar surface area (TPSA) is 0 Å². The van der Waals surface area contributed by atoms with Gasteiger partial charge in [-0.25, -0.2) is 0 Å². The summed E-state index contributed by atoms with van der Waals surface area (Å²) in [5.74, 6) is 0. The molecule has 0 saturated carbocycles. The molecule has 1 radical (unpaired) electrons. The molecular weight excluding hydrogens is 87.1 g/mol. The molecule has 0 aromatic heterocycles. The maximum atomic E-state index is 2.20. The van der Waals surface area contributed by atoms with E-state index in [1.807, 2.05) is 0 Å². The smallest absolute Gasteiger partial charge is 0.0232 e. The minimum absolute atomic E-state index is 1.11. The van der Waals surface area contributed by atoms with Crippen molar-refractivity contribution in [3.05, 3.63) is 0 Å². The van der Waals surface area contributed by atoms with E-state index in [2.05, 4.69) is 12.9 Å². The van der Waals surface area contributed by atoms with Crippen molar-refractivity contribution in [3.63, 3.8) is 0 Å². The molecule has 1 unspecified atom stereocenters. The zero-order valence-electron chi connectivity index (χ0n) is 2.95. The lowest BCUT2D eigenvalue weighted by Gasteiger charge is -1.54. The van der Waals surface area contributed by atoms with Crippen LogP contribution in [0.1, 0.15) is 0 Å². The molecule has 0 bridgehead atoms. The molecule has 0 saturated heterocycles. The van der Waals surface area contributed by atoms with Gasteiger partial charge < -0.3 is 0 Å². The molecule has 0 aliphatic carbocycles. The van der Waals surface area contributed by atoms with Crippen LogP contribution in [0, 0.1) is 0 Å². The van der Waals surface area contributed by atoms with Gasteiger partial charge in [0.05, 0.1) is 0 Å². The van der Waals surface area contributed by atoms with Gasteiger partial charge in [0.2, 0.25) is 0 Å². The van der Waals surface area contributed by atoms with Gasteiger partial charge >= 0.3 is 0 Å². The Morgan fingerprint density at radius 2 is 2.00 bits per heavy atom. The van der Waals surface area contributed by atoms with E-state index in [-0.39, 0.29) is 0 Å². The van der Waals surface area contributed by atoms with Crippen molar-refractivity contribution in [2.45, 2.75) is 0 Å². The Balaban J connectivity index is 2.55. The van der Waals surface area contributed by atoms with Crippen molar-refractivity contribution in [3.8, 4) is 0 Å². The van der Waals surface area contributed by atoms with Crippen LogP contribution in [0.15, 0.2) is 0 Å². The standard InChI is InChI=1S/C2H8PS/c1-3-4-2/h3-4H,1-2H3. The first-order valence-electron chi connectivity index (χ1n) is 1.17. The Morgan fingerprint density at radius 1 is 1.75 bits per heavy atom. The Kier molecular flexibility index (Phi) is 4.24. The lowest BCUT2D eigenvalue weighted by atomic mass is 12.0. The fourth-order valence-corrected chi connectivity index (χ4v) is 0. The Hall–Kier alpha value is 0.650. The van der Waals surface area contributed by atoms with E-state index in [1.165, 1.54) is 10.9 Å². The maximum absolute atomic E-state index is 2.20. The zero-order chi connectivity index (χ0) is 3.41. The van der Waals surface area contributed by atoms with Crippen molar-refractivity contribution in [2.75, 3.05) is 12.9 Å². The quantitative estimate of drug-likeness (QED) is 0.331. The predicted octanol–water partition coefficient (Wildman–Crippen LogP) is 0.654. The Bertz CT molecular complexity index is 21.2. The van der Waals surface area contributed by atoms with Crippen LogP contribution in [-0.4, -0.2) is 12.9 Å². The van der Waals surface area contributed by atoms with Crippen LogP contribution in [0.2, 0.25) is 0 Å². The van der Waals surface area contributed by atoms with E-state index in [0.717, 1.165) is 7.36 Å². The maximum Gasteiger partial charge on any atom is -0.0232 e. The van der Waals surface area contributed by atoms with Crippen molar-refractivity contribution in [2.24, 2.45) is 0 Å². The molecule has 0 aliphatic rings. The van der Waals surface area contributed by atoms with Gasteiger partial charge in [-0.1, -0.05) is 0 Å². The average Bonchev–Trinajstić information content (AvgIpc) is 1.37. The highest BCUT2D eigenvalue weighted by Crippen LogP contribution is 1.77. The molecule has 1 atom stereocenters. The van der Waals surface area contributed by atoms with Crippen LogP contribution in [-0.2, 0) is 10.9 Å². The van der Waals surface area contributed by atoms with Gasteiger partial charge in [-0.3, -0.25) is 0 Å². The van der Waals surface area contributed by atoms with Gasteiger partial charge in [0, 0.05) is 0 Å². The molecule has 0 aliphatic heterocycles. The predicted molar refractivity (Wildman–Crippen MR) is 28.9 cm³/mol. The molecule has 0 spiro atoms. The van der Waals surface area contributed by atoms with Crippen LogP contribution in [0.4, 0.5) is 0 Å². The fourth-order valence-electron chi connectivity index (χ4n) is 0. The van der Waals surface area contributed by atoms with Gasteiger partial charge in [0.15, 0.2) is 0 Å². The Morgan fingerprint density at radius 3 is 2.00 bits per heavy atom. The van der Waals surface area contributed by atoms with E-state index in [9.17, 15) is 0 Å². The van der Waals surface area contributed by atoms with Crippen LogP contribution >= 0.6 is 7.36 Å². The van der Waals surface area contributed by atoms with E-state index in [4.69, 9.17) is 0 Å². The van der Waals surface area contributed by atoms with E-state index >= 15 is 0 Å². The summed E-state index contributed by atoms with van der Waals surface area (Å²) in [6, 6.07) is 0. The first-order valence-corrected chi connectivity index (χ1v) is 4.85. The summed E-state index contributed by atoms with van der Waals surface area (Å²) >= 11 is 0. The van der Waals surface area contributed by atoms with E-state index in [0.29, 0.717) is 0 Å². The molecule has 0 heterocycles. The number of hydrogen-bond donors (Lipinski definition) is 1. The number of rotatable bonds is 0. The van der Waals surface area contributed by atoms with Crippen molar-refractivity contribution in [1.29, 1.82) is 0 Å².